The Hall–Kier alpha value is -1.39. The van der Waals surface area contributed by atoms with Gasteiger partial charge in [-0.25, -0.2) is 0 Å². The number of aryl methyl sites for hydroxylation is 1. The Balaban J connectivity index is 1.62. The standard InChI is InChI=1S/C17H25NO3/c1-15(19)3-4-16-5-7-17(8-6-16)21-12-2-9-18-10-13-20-14-11-18/h5-8H,2-4,9-14H2,1H3/p+1. The van der Waals surface area contributed by atoms with Crippen LogP contribution in [0.1, 0.15) is 25.3 Å². The van der Waals surface area contributed by atoms with E-state index in [2.05, 4.69) is 0 Å². The van der Waals surface area contributed by atoms with Gasteiger partial charge in [-0.15, -0.1) is 0 Å². The van der Waals surface area contributed by atoms with Crippen molar-refractivity contribution < 1.29 is 19.2 Å². The van der Waals surface area contributed by atoms with Crippen LogP contribution in [0.3, 0.4) is 0 Å². The summed E-state index contributed by atoms with van der Waals surface area (Å²) in [7, 11) is 0. The second-order valence-corrected chi connectivity index (χ2v) is 5.66. The van der Waals surface area contributed by atoms with Crippen LogP contribution >= 0.6 is 0 Å². The normalized spacial score (nSPS) is 15.9. The lowest BCUT2D eigenvalue weighted by Gasteiger charge is -2.23. The number of ketones is 1. The SMILES string of the molecule is CC(=O)CCc1ccc(OCCC[NH+]2CCOCC2)cc1. The summed E-state index contributed by atoms with van der Waals surface area (Å²) in [6.07, 6.45) is 2.50. The molecule has 1 aliphatic rings. The maximum atomic E-state index is 11.0. The number of nitrogens with one attached hydrogen (secondary N) is 1. The molecule has 0 aliphatic carbocycles. The third-order valence-corrected chi connectivity index (χ3v) is 3.83. The highest BCUT2D eigenvalue weighted by molar-refractivity contribution is 5.75. The lowest BCUT2D eigenvalue weighted by atomic mass is 10.1. The number of quaternary nitrogens is 1. The van der Waals surface area contributed by atoms with Gasteiger partial charge in [-0.1, -0.05) is 12.1 Å². The Morgan fingerprint density at radius 3 is 2.62 bits per heavy atom. The molecule has 0 unspecified atom stereocenters. The van der Waals surface area contributed by atoms with E-state index in [4.69, 9.17) is 9.47 Å². The number of hydrogen-bond acceptors (Lipinski definition) is 3. The van der Waals surface area contributed by atoms with Crippen LogP contribution in [0, 0.1) is 0 Å². The van der Waals surface area contributed by atoms with E-state index in [1.165, 1.54) is 5.56 Å². The number of carbonyl (C=O) groups excluding carboxylic acids is 1. The summed E-state index contributed by atoms with van der Waals surface area (Å²) >= 11 is 0. The summed E-state index contributed by atoms with van der Waals surface area (Å²) in [6.45, 7) is 7.55. The molecule has 1 fully saturated rings. The lowest BCUT2D eigenvalue weighted by molar-refractivity contribution is -0.908. The number of carbonyl (C=O) groups is 1. The van der Waals surface area contributed by atoms with Gasteiger partial charge in [0.2, 0.25) is 0 Å². The summed E-state index contributed by atoms with van der Waals surface area (Å²) in [6, 6.07) is 8.09. The van der Waals surface area contributed by atoms with Crippen LogP contribution in [0.2, 0.25) is 0 Å². The fourth-order valence-electron chi connectivity index (χ4n) is 2.49. The van der Waals surface area contributed by atoms with Crippen LogP contribution < -0.4 is 9.64 Å². The van der Waals surface area contributed by atoms with Crippen LogP contribution in [0.25, 0.3) is 0 Å². The van der Waals surface area contributed by atoms with Crippen molar-refractivity contribution in [3.8, 4) is 5.75 Å². The summed E-state index contributed by atoms with van der Waals surface area (Å²) in [4.78, 5) is 12.6. The first-order valence-electron chi connectivity index (χ1n) is 7.86. The van der Waals surface area contributed by atoms with Gasteiger partial charge in [0.05, 0.1) is 26.4 Å². The molecule has 0 amide bonds. The minimum atomic E-state index is 0.237. The van der Waals surface area contributed by atoms with E-state index in [9.17, 15) is 4.79 Å². The Morgan fingerprint density at radius 1 is 1.24 bits per heavy atom. The number of Topliss-reactive ketones (excluding diaryl/α,β-unsaturated/α-hetero) is 1. The molecule has 0 atom stereocenters. The van der Waals surface area contributed by atoms with Gasteiger partial charge >= 0.3 is 0 Å². The molecule has 1 aliphatic heterocycles. The van der Waals surface area contributed by atoms with Crippen molar-refractivity contribution >= 4 is 5.78 Å². The first kappa shape index (κ1) is 16.0. The van der Waals surface area contributed by atoms with E-state index >= 15 is 0 Å². The number of rotatable bonds is 8. The van der Waals surface area contributed by atoms with Gasteiger partial charge in [0, 0.05) is 12.8 Å². The van der Waals surface area contributed by atoms with E-state index < -0.39 is 0 Å². The predicted molar refractivity (Wildman–Crippen MR) is 81.9 cm³/mol. The molecule has 1 aromatic carbocycles. The maximum Gasteiger partial charge on any atom is 0.130 e. The third kappa shape index (κ3) is 6.27. The van der Waals surface area contributed by atoms with E-state index in [1.54, 1.807) is 11.8 Å². The average Bonchev–Trinajstić information content (AvgIpc) is 2.52. The van der Waals surface area contributed by atoms with Gasteiger partial charge in [0.15, 0.2) is 0 Å². The maximum absolute atomic E-state index is 11.0. The third-order valence-electron chi connectivity index (χ3n) is 3.83. The molecule has 1 heterocycles. The molecule has 4 heteroatoms. The Morgan fingerprint density at radius 2 is 1.95 bits per heavy atom. The number of morpholine rings is 1. The average molecular weight is 292 g/mol. The van der Waals surface area contributed by atoms with E-state index in [1.807, 2.05) is 24.3 Å². The van der Waals surface area contributed by atoms with Crippen molar-refractivity contribution in [2.45, 2.75) is 26.2 Å². The molecule has 21 heavy (non-hydrogen) atoms. The topological polar surface area (TPSA) is 40.0 Å². The molecule has 4 nitrogen and oxygen atoms in total. The summed E-state index contributed by atoms with van der Waals surface area (Å²) in [5.41, 5.74) is 1.19. The second-order valence-electron chi connectivity index (χ2n) is 5.66. The van der Waals surface area contributed by atoms with E-state index in [0.29, 0.717) is 6.42 Å². The van der Waals surface area contributed by atoms with Crippen LogP contribution in [0.5, 0.6) is 5.75 Å². The fourth-order valence-corrected chi connectivity index (χ4v) is 2.49. The largest absolute Gasteiger partial charge is 0.493 e. The zero-order valence-electron chi connectivity index (χ0n) is 12.9. The Labute approximate surface area is 127 Å². The van der Waals surface area contributed by atoms with Crippen LogP contribution in [-0.2, 0) is 16.0 Å². The highest BCUT2D eigenvalue weighted by atomic mass is 16.5. The monoisotopic (exact) mass is 292 g/mol. The second kappa shape index (κ2) is 8.80. The zero-order chi connectivity index (χ0) is 14.9. The molecule has 0 radical (unpaired) electrons. The van der Waals surface area contributed by atoms with Gasteiger partial charge in [-0.05, 0) is 31.0 Å². The van der Waals surface area contributed by atoms with Crippen molar-refractivity contribution in [1.29, 1.82) is 0 Å². The first-order chi connectivity index (χ1) is 10.2. The molecule has 1 N–H and O–H groups in total. The van der Waals surface area contributed by atoms with Crippen LogP contribution in [0.4, 0.5) is 0 Å². The molecule has 2 rings (SSSR count). The highest BCUT2D eigenvalue weighted by Crippen LogP contribution is 2.13. The molecule has 0 aromatic heterocycles. The fraction of sp³-hybridized carbons (Fsp3) is 0.588. The van der Waals surface area contributed by atoms with Crippen molar-refractivity contribution in [2.24, 2.45) is 0 Å². The molecule has 1 saturated heterocycles. The minimum Gasteiger partial charge on any atom is -0.493 e. The summed E-state index contributed by atoms with van der Waals surface area (Å²) in [5.74, 6) is 1.15. The van der Waals surface area contributed by atoms with Crippen molar-refractivity contribution in [3.05, 3.63) is 29.8 Å². The van der Waals surface area contributed by atoms with Gasteiger partial charge in [0.1, 0.15) is 24.6 Å². The molecule has 0 saturated carbocycles. The number of hydrogen-bond donors (Lipinski definition) is 1. The number of benzene rings is 1. The predicted octanol–water partition coefficient (Wildman–Crippen LogP) is 0.892. The van der Waals surface area contributed by atoms with Gasteiger partial charge in [-0.3, -0.25) is 0 Å². The molecular weight excluding hydrogens is 266 g/mol. The minimum absolute atomic E-state index is 0.237. The van der Waals surface area contributed by atoms with Gasteiger partial charge in [0.25, 0.3) is 0 Å². The zero-order valence-corrected chi connectivity index (χ0v) is 12.9. The lowest BCUT2D eigenvalue weighted by Crippen LogP contribution is -3.14. The molecule has 116 valence electrons. The van der Waals surface area contributed by atoms with E-state index in [0.717, 1.165) is 58.0 Å². The van der Waals surface area contributed by atoms with Crippen LogP contribution in [0.15, 0.2) is 24.3 Å². The van der Waals surface area contributed by atoms with Crippen molar-refractivity contribution in [1.82, 2.24) is 0 Å². The van der Waals surface area contributed by atoms with Crippen molar-refractivity contribution in [3.63, 3.8) is 0 Å². The molecule has 0 spiro atoms. The summed E-state index contributed by atoms with van der Waals surface area (Å²) in [5, 5.41) is 0. The molecular formula is C17H26NO3+. The Bertz CT molecular complexity index is 424. The van der Waals surface area contributed by atoms with Crippen molar-refractivity contribution in [2.75, 3.05) is 39.5 Å². The number of ether oxygens (including phenoxy) is 2. The van der Waals surface area contributed by atoms with Gasteiger partial charge < -0.3 is 19.2 Å². The van der Waals surface area contributed by atoms with Gasteiger partial charge in [-0.2, -0.15) is 0 Å². The smallest absolute Gasteiger partial charge is 0.130 e. The van der Waals surface area contributed by atoms with Crippen LogP contribution in [-0.4, -0.2) is 45.2 Å². The quantitative estimate of drug-likeness (QED) is 0.724. The summed E-state index contributed by atoms with van der Waals surface area (Å²) < 4.78 is 11.1. The Kier molecular flexibility index (Phi) is 6.70. The molecule has 1 aromatic rings. The highest BCUT2D eigenvalue weighted by Gasteiger charge is 2.12. The van der Waals surface area contributed by atoms with E-state index in [-0.39, 0.29) is 5.78 Å². The first-order valence-corrected chi connectivity index (χ1v) is 7.86. The molecule has 0 bridgehead atoms.